The third-order valence-corrected chi connectivity index (χ3v) is 3.03. The van der Waals surface area contributed by atoms with E-state index >= 15 is 0 Å². The molecule has 16 heavy (non-hydrogen) atoms. The van der Waals surface area contributed by atoms with Crippen LogP contribution in [-0.4, -0.2) is 26.0 Å². The van der Waals surface area contributed by atoms with E-state index in [2.05, 4.69) is 22.3 Å². The van der Waals surface area contributed by atoms with Crippen LogP contribution in [-0.2, 0) is 11.2 Å². The van der Waals surface area contributed by atoms with Gasteiger partial charge in [-0.2, -0.15) is 0 Å². The maximum absolute atomic E-state index is 11.3. The average molecular weight is 218 g/mol. The van der Waals surface area contributed by atoms with Crippen molar-refractivity contribution in [3.05, 3.63) is 29.8 Å². The van der Waals surface area contributed by atoms with Crippen molar-refractivity contribution in [2.24, 2.45) is 0 Å². The number of hydrogen-bond donors (Lipinski definition) is 1. The summed E-state index contributed by atoms with van der Waals surface area (Å²) >= 11 is 0. The first-order valence-electron chi connectivity index (χ1n) is 5.84. The molecule has 3 heteroatoms. The van der Waals surface area contributed by atoms with Gasteiger partial charge in [-0.1, -0.05) is 12.1 Å². The van der Waals surface area contributed by atoms with E-state index in [1.807, 2.05) is 12.1 Å². The van der Waals surface area contributed by atoms with E-state index in [-0.39, 0.29) is 5.91 Å². The molecule has 1 aromatic carbocycles. The van der Waals surface area contributed by atoms with Crippen LogP contribution in [0, 0.1) is 0 Å². The van der Waals surface area contributed by atoms with Gasteiger partial charge in [0.1, 0.15) is 0 Å². The van der Waals surface area contributed by atoms with E-state index in [9.17, 15) is 4.79 Å². The van der Waals surface area contributed by atoms with Gasteiger partial charge in [0.05, 0.1) is 6.42 Å². The summed E-state index contributed by atoms with van der Waals surface area (Å²) in [5.74, 6) is 0.0681. The second kappa shape index (κ2) is 5.01. The van der Waals surface area contributed by atoms with Crippen molar-refractivity contribution in [2.45, 2.75) is 19.3 Å². The molecule has 1 N–H and O–H groups in total. The van der Waals surface area contributed by atoms with Crippen LogP contribution in [0.1, 0.15) is 18.4 Å². The summed E-state index contributed by atoms with van der Waals surface area (Å²) in [4.78, 5) is 13.7. The lowest BCUT2D eigenvalue weighted by Gasteiger charge is -2.18. The normalized spacial score (nSPS) is 15.2. The van der Waals surface area contributed by atoms with Crippen molar-refractivity contribution >= 4 is 11.6 Å². The Hall–Kier alpha value is -1.51. The summed E-state index contributed by atoms with van der Waals surface area (Å²) in [6, 6.07) is 8.29. The van der Waals surface area contributed by atoms with Gasteiger partial charge in [0.25, 0.3) is 0 Å². The maximum Gasteiger partial charge on any atom is 0.224 e. The molecule has 0 aliphatic carbocycles. The molecule has 1 fully saturated rings. The number of hydrogen-bond acceptors (Lipinski definition) is 2. The molecular formula is C13H18N2O. The molecule has 0 bridgehead atoms. The van der Waals surface area contributed by atoms with Crippen molar-refractivity contribution in [1.29, 1.82) is 0 Å². The van der Waals surface area contributed by atoms with Crippen molar-refractivity contribution in [3.63, 3.8) is 0 Å². The number of nitrogens with zero attached hydrogens (tertiary/aromatic N) is 1. The first-order chi connectivity index (χ1) is 7.79. The van der Waals surface area contributed by atoms with Gasteiger partial charge in [-0.05, 0) is 30.5 Å². The van der Waals surface area contributed by atoms with E-state index in [1.54, 1.807) is 7.05 Å². The third-order valence-electron chi connectivity index (χ3n) is 3.03. The van der Waals surface area contributed by atoms with Gasteiger partial charge in [-0.3, -0.25) is 4.79 Å². The number of amides is 1. The molecule has 1 heterocycles. The Labute approximate surface area is 96.5 Å². The molecule has 0 unspecified atom stereocenters. The number of carbonyl (C=O) groups is 1. The number of nitrogens with one attached hydrogen (secondary N) is 1. The molecule has 0 radical (unpaired) electrons. The molecule has 1 saturated heterocycles. The van der Waals surface area contributed by atoms with Gasteiger partial charge < -0.3 is 10.2 Å². The molecular weight excluding hydrogens is 200 g/mol. The smallest absolute Gasteiger partial charge is 0.224 e. The zero-order valence-electron chi connectivity index (χ0n) is 9.70. The highest BCUT2D eigenvalue weighted by atomic mass is 16.1. The fraction of sp³-hybridized carbons (Fsp3) is 0.462. The number of benzene rings is 1. The van der Waals surface area contributed by atoms with Crippen molar-refractivity contribution in [1.82, 2.24) is 5.32 Å². The second-order valence-electron chi connectivity index (χ2n) is 4.21. The van der Waals surface area contributed by atoms with Crippen molar-refractivity contribution < 1.29 is 4.79 Å². The number of likely N-dealkylation sites (N-methyl/N-ethyl adjacent to an activating group) is 1. The van der Waals surface area contributed by atoms with Crippen molar-refractivity contribution in [2.75, 3.05) is 25.0 Å². The fourth-order valence-electron chi connectivity index (χ4n) is 2.11. The second-order valence-corrected chi connectivity index (χ2v) is 4.21. The minimum atomic E-state index is 0.0681. The molecule has 0 aromatic heterocycles. The van der Waals surface area contributed by atoms with Crippen LogP contribution in [0.3, 0.4) is 0 Å². The zero-order chi connectivity index (χ0) is 11.4. The Morgan fingerprint density at radius 1 is 1.38 bits per heavy atom. The van der Waals surface area contributed by atoms with E-state index in [1.165, 1.54) is 18.5 Å². The van der Waals surface area contributed by atoms with Crippen LogP contribution in [0.15, 0.2) is 24.3 Å². The lowest BCUT2D eigenvalue weighted by Crippen LogP contribution is -2.21. The van der Waals surface area contributed by atoms with Gasteiger partial charge in [0.2, 0.25) is 5.91 Å². The maximum atomic E-state index is 11.3. The Morgan fingerprint density at radius 2 is 2.12 bits per heavy atom. The highest BCUT2D eigenvalue weighted by Gasteiger charge is 2.12. The Kier molecular flexibility index (Phi) is 3.44. The first-order valence-corrected chi connectivity index (χ1v) is 5.84. The van der Waals surface area contributed by atoms with Crippen LogP contribution in [0.25, 0.3) is 0 Å². The summed E-state index contributed by atoms with van der Waals surface area (Å²) in [6.07, 6.45) is 3.03. The van der Waals surface area contributed by atoms with Gasteiger partial charge in [-0.15, -0.1) is 0 Å². The van der Waals surface area contributed by atoms with Crippen molar-refractivity contribution in [3.8, 4) is 0 Å². The molecule has 0 atom stereocenters. The number of carbonyl (C=O) groups excluding carboxylic acids is 1. The minimum absolute atomic E-state index is 0.0681. The summed E-state index contributed by atoms with van der Waals surface area (Å²) in [7, 11) is 1.67. The largest absolute Gasteiger partial charge is 0.372 e. The molecule has 0 saturated carbocycles. The standard InChI is InChI=1S/C13H18N2O/c1-14-13(16)10-11-5-4-6-12(9-11)15-7-2-3-8-15/h4-6,9H,2-3,7-8,10H2,1H3,(H,14,16). The van der Waals surface area contributed by atoms with Crippen LogP contribution < -0.4 is 10.2 Å². The monoisotopic (exact) mass is 218 g/mol. The van der Waals surface area contributed by atoms with Gasteiger partial charge >= 0.3 is 0 Å². The van der Waals surface area contributed by atoms with Crippen LogP contribution in [0.4, 0.5) is 5.69 Å². The van der Waals surface area contributed by atoms with E-state index < -0.39 is 0 Å². The zero-order valence-corrected chi connectivity index (χ0v) is 9.70. The average Bonchev–Trinajstić information content (AvgIpc) is 2.83. The summed E-state index contributed by atoms with van der Waals surface area (Å²) in [5.41, 5.74) is 2.34. The molecule has 2 rings (SSSR count). The van der Waals surface area contributed by atoms with Gasteiger partial charge in [0, 0.05) is 25.8 Å². The summed E-state index contributed by atoms with van der Waals surface area (Å²) in [5, 5.41) is 2.65. The van der Waals surface area contributed by atoms with E-state index in [0.717, 1.165) is 18.7 Å². The van der Waals surface area contributed by atoms with Gasteiger partial charge in [-0.25, -0.2) is 0 Å². The molecule has 1 aromatic rings. The molecule has 86 valence electrons. The predicted octanol–water partition coefficient (Wildman–Crippen LogP) is 1.58. The quantitative estimate of drug-likeness (QED) is 0.835. The molecule has 1 amide bonds. The Bertz CT molecular complexity index is 370. The Balaban J connectivity index is 2.09. The molecule has 3 nitrogen and oxygen atoms in total. The topological polar surface area (TPSA) is 32.3 Å². The van der Waals surface area contributed by atoms with E-state index in [4.69, 9.17) is 0 Å². The number of rotatable bonds is 3. The lowest BCUT2D eigenvalue weighted by molar-refractivity contribution is -0.119. The molecule has 1 aliphatic rings. The highest BCUT2D eigenvalue weighted by molar-refractivity contribution is 5.78. The van der Waals surface area contributed by atoms with Gasteiger partial charge in [0.15, 0.2) is 0 Å². The summed E-state index contributed by atoms with van der Waals surface area (Å²) < 4.78 is 0. The fourth-order valence-corrected chi connectivity index (χ4v) is 2.11. The summed E-state index contributed by atoms with van der Waals surface area (Å²) in [6.45, 7) is 2.28. The molecule has 0 spiro atoms. The first kappa shape index (κ1) is 11.0. The SMILES string of the molecule is CNC(=O)Cc1cccc(N2CCCC2)c1. The lowest BCUT2D eigenvalue weighted by atomic mass is 10.1. The van der Waals surface area contributed by atoms with E-state index in [0.29, 0.717) is 6.42 Å². The number of anilines is 1. The highest BCUT2D eigenvalue weighted by Crippen LogP contribution is 2.21. The van der Waals surface area contributed by atoms with Crippen LogP contribution in [0.5, 0.6) is 0 Å². The predicted molar refractivity (Wildman–Crippen MR) is 65.7 cm³/mol. The molecule has 1 aliphatic heterocycles. The minimum Gasteiger partial charge on any atom is -0.372 e. The van der Waals surface area contributed by atoms with Crippen LogP contribution in [0.2, 0.25) is 0 Å². The Morgan fingerprint density at radius 3 is 2.81 bits per heavy atom. The van der Waals surface area contributed by atoms with Crippen LogP contribution >= 0.6 is 0 Å². The third kappa shape index (κ3) is 2.54.